The molecule has 1 N–H and O–H groups in total. The second kappa shape index (κ2) is 5.30. The van der Waals surface area contributed by atoms with Crippen molar-refractivity contribution in [2.24, 2.45) is 11.3 Å². The van der Waals surface area contributed by atoms with E-state index in [-0.39, 0.29) is 0 Å². The Kier molecular flexibility index (Phi) is 4.12. The summed E-state index contributed by atoms with van der Waals surface area (Å²) in [5, 5.41) is 4.91. The highest BCUT2D eigenvalue weighted by Crippen LogP contribution is 2.59. The van der Waals surface area contributed by atoms with E-state index in [1.54, 1.807) is 0 Å². The molecule has 1 fully saturated rings. The molecule has 0 aliphatic heterocycles. The number of hydrogen-bond donors (Lipinski definition) is 1. The van der Waals surface area contributed by atoms with Crippen molar-refractivity contribution in [3.05, 3.63) is 15.6 Å². The summed E-state index contributed by atoms with van der Waals surface area (Å²) < 4.78 is 0. The van der Waals surface area contributed by atoms with Gasteiger partial charge in [-0.3, -0.25) is 0 Å². The zero-order valence-electron chi connectivity index (χ0n) is 12.3. The van der Waals surface area contributed by atoms with Gasteiger partial charge in [0, 0.05) is 17.3 Å². The van der Waals surface area contributed by atoms with E-state index in [2.05, 4.69) is 39.9 Å². The first kappa shape index (κ1) is 14.0. The predicted octanol–water partition coefficient (Wildman–Crippen LogP) is 3.96. The third-order valence-corrected chi connectivity index (χ3v) is 4.99. The van der Waals surface area contributed by atoms with Gasteiger partial charge >= 0.3 is 0 Å². The van der Waals surface area contributed by atoms with Gasteiger partial charge in [0.15, 0.2) is 0 Å². The molecule has 3 heteroatoms. The van der Waals surface area contributed by atoms with Crippen LogP contribution < -0.4 is 5.32 Å². The summed E-state index contributed by atoms with van der Waals surface area (Å²) >= 11 is 1.94. The van der Waals surface area contributed by atoms with Crippen molar-refractivity contribution < 1.29 is 0 Å². The highest BCUT2D eigenvalue weighted by molar-refractivity contribution is 7.11. The molecule has 0 saturated heterocycles. The van der Waals surface area contributed by atoms with Crippen molar-refractivity contribution in [2.75, 3.05) is 6.54 Å². The second-order valence-corrected chi connectivity index (χ2v) is 7.66. The van der Waals surface area contributed by atoms with Gasteiger partial charge in [-0.2, -0.15) is 0 Å². The molecule has 1 aliphatic rings. The normalized spacial score (nSPS) is 21.6. The first-order valence-corrected chi connectivity index (χ1v) is 7.95. The average Bonchev–Trinajstić information content (AvgIpc) is 2.74. The number of aromatic nitrogens is 1. The second-order valence-electron chi connectivity index (χ2n) is 6.55. The van der Waals surface area contributed by atoms with E-state index in [9.17, 15) is 0 Å². The van der Waals surface area contributed by atoms with E-state index >= 15 is 0 Å². The zero-order valence-corrected chi connectivity index (χ0v) is 13.2. The summed E-state index contributed by atoms with van der Waals surface area (Å²) in [7, 11) is 0. The average molecular weight is 266 g/mol. The molecule has 1 aromatic rings. The molecule has 0 spiro atoms. The Morgan fingerprint density at radius 3 is 2.61 bits per heavy atom. The van der Waals surface area contributed by atoms with Gasteiger partial charge in [-0.05, 0) is 30.7 Å². The molecule has 102 valence electrons. The molecule has 0 radical (unpaired) electrons. The van der Waals surface area contributed by atoms with Gasteiger partial charge in [0.05, 0.1) is 10.7 Å². The van der Waals surface area contributed by atoms with Crippen LogP contribution in [0.15, 0.2) is 0 Å². The first-order valence-electron chi connectivity index (χ1n) is 7.13. The fourth-order valence-electron chi connectivity index (χ4n) is 2.33. The highest BCUT2D eigenvalue weighted by atomic mass is 32.1. The molecule has 1 aromatic heterocycles. The Hall–Kier alpha value is -0.410. The number of rotatable bonds is 6. The van der Waals surface area contributed by atoms with Crippen LogP contribution in [0.3, 0.4) is 0 Å². The minimum atomic E-state index is 0.492. The van der Waals surface area contributed by atoms with E-state index in [0.717, 1.165) is 19.5 Å². The number of nitrogens with zero attached hydrogens (tertiary/aromatic N) is 1. The van der Waals surface area contributed by atoms with Gasteiger partial charge in [0.25, 0.3) is 0 Å². The molecular weight excluding hydrogens is 240 g/mol. The molecular formula is C15H26N2S. The van der Waals surface area contributed by atoms with Crippen LogP contribution in [0, 0.1) is 11.3 Å². The van der Waals surface area contributed by atoms with Crippen LogP contribution in [0.2, 0.25) is 0 Å². The van der Waals surface area contributed by atoms with E-state index < -0.39 is 0 Å². The molecule has 1 saturated carbocycles. The summed E-state index contributed by atoms with van der Waals surface area (Å²) in [6, 6.07) is 0. The lowest BCUT2D eigenvalue weighted by atomic mass is 10.1. The van der Waals surface area contributed by atoms with E-state index in [0.29, 0.717) is 17.3 Å². The Labute approximate surface area is 115 Å². The van der Waals surface area contributed by atoms with Gasteiger partial charge in [0.2, 0.25) is 0 Å². The predicted molar refractivity (Wildman–Crippen MR) is 79.2 cm³/mol. The summed E-state index contributed by atoms with van der Waals surface area (Å²) in [6.07, 6.45) is 2.37. The standard InChI is InChI=1S/C15H26N2S/c1-6-12-13(9-16-8-10(2)3)18-14(17-12)11-7-15(11,4)5/h10-11,16H,6-9H2,1-5H3. The van der Waals surface area contributed by atoms with Gasteiger partial charge < -0.3 is 5.32 Å². The molecule has 0 amide bonds. The molecule has 1 unspecified atom stereocenters. The number of hydrogen-bond acceptors (Lipinski definition) is 3. The minimum Gasteiger partial charge on any atom is -0.312 e. The number of thiazole rings is 1. The third kappa shape index (κ3) is 3.12. The van der Waals surface area contributed by atoms with Gasteiger partial charge in [-0.15, -0.1) is 11.3 Å². The Morgan fingerprint density at radius 2 is 2.11 bits per heavy atom. The molecule has 2 rings (SSSR count). The van der Waals surface area contributed by atoms with Crippen LogP contribution in [0.1, 0.15) is 62.5 Å². The topological polar surface area (TPSA) is 24.9 Å². The van der Waals surface area contributed by atoms with Crippen molar-refractivity contribution in [2.45, 2.75) is 59.9 Å². The van der Waals surface area contributed by atoms with Crippen molar-refractivity contribution in [3.8, 4) is 0 Å². The molecule has 2 nitrogen and oxygen atoms in total. The SMILES string of the molecule is CCc1nc(C2CC2(C)C)sc1CNCC(C)C. The van der Waals surface area contributed by atoms with Crippen LogP contribution in [0.5, 0.6) is 0 Å². The lowest BCUT2D eigenvalue weighted by Gasteiger charge is -2.06. The maximum absolute atomic E-state index is 4.86. The van der Waals surface area contributed by atoms with Crippen molar-refractivity contribution in [1.29, 1.82) is 0 Å². The lowest BCUT2D eigenvalue weighted by molar-refractivity contribution is 0.553. The lowest BCUT2D eigenvalue weighted by Crippen LogP contribution is -2.18. The quantitative estimate of drug-likeness (QED) is 0.843. The molecule has 1 heterocycles. The van der Waals surface area contributed by atoms with Crippen LogP contribution in [0.25, 0.3) is 0 Å². The Bertz CT molecular complexity index is 407. The monoisotopic (exact) mass is 266 g/mol. The summed E-state index contributed by atoms with van der Waals surface area (Å²) in [4.78, 5) is 6.32. The first-order chi connectivity index (χ1) is 8.44. The summed E-state index contributed by atoms with van der Waals surface area (Å²) in [5.74, 6) is 1.43. The van der Waals surface area contributed by atoms with Crippen molar-refractivity contribution >= 4 is 11.3 Å². The zero-order chi connectivity index (χ0) is 13.3. The highest BCUT2D eigenvalue weighted by Gasteiger charge is 2.48. The number of nitrogens with one attached hydrogen (secondary N) is 1. The molecule has 0 bridgehead atoms. The molecule has 1 aliphatic carbocycles. The van der Waals surface area contributed by atoms with Crippen LogP contribution in [-0.2, 0) is 13.0 Å². The van der Waals surface area contributed by atoms with Gasteiger partial charge in [-0.1, -0.05) is 34.6 Å². The van der Waals surface area contributed by atoms with E-state index in [1.165, 1.54) is 22.0 Å². The molecule has 0 aromatic carbocycles. The van der Waals surface area contributed by atoms with Crippen LogP contribution in [0.4, 0.5) is 0 Å². The minimum absolute atomic E-state index is 0.492. The van der Waals surface area contributed by atoms with Crippen molar-refractivity contribution in [3.63, 3.8) is 0 Å². The van der Waals surface area contributed by atoms with Crippen LogP contribution in [-0.4, -0.2) is 11.5 Å². The maximum Gasteiger partial charge on any atom is 0.0968 e. The fourth-order valence-corrected chi connectivity index (χ4v) is 3.76. The Morgan fingerprint density at radius 1 is 1.44 bits per heavy atom. The van der Waals surface area contributed by atoms with Gasteiger partial charge in [0.1, 0.15) is 0 Å². The van der Waals surface area contributed by atoms with Crippen LogP contribution >= 0.6 is 11.3 Å². The smallest absolute Gasteiger partial charge is 0.0968 e. The summed E-state index contributed by atoms with van der Waals surface area (Å²) in [6.45, 7) is 13.5. The fraction of sp³-hybridized carbons (Fsp3) is 0.800. The van der Waals surface area contributed by atoms with E-state index in [4.69, 9.17) is 4.98 Å². The Balaban J connectivity index is 2.01. The molecule has 18 heavy (non-hydrogen) atoms. The van der Waals surface area contributed by atoms with Gasteiger partial charge in [-0.25, -0.2) is 4.98 Å². The van der Waals surface area contributed by atoms with Crippen molar-refractivity contribution in [1.82, 2.24) is 10.3 Å². The largest absolute Gasteiger partial charge is 0.312 e. The maximum atomic E-state index is 4.86. The van der Waals surface area contributed by atoms with E-state index in [1.807, 2.05) is 11.3 Å². The third-order valence-electron chi connectivity index (χ3n) is 3.78. The molecule has 1 atom stereocenters. The summed E-state index contributed by atoms with van der Waals surface area (Å²) in [5.41, 5.74) is 1.81. The number of aryl methyl sites for hydroxylation is 1.